The van der Waals surface area contributed by atoms with Crippen LogP contribution in [0.2, 0.25) is 0 Å². The summed E-state index contributed by atoms with van der Waals surface area (Å²) in [6.07, 6.45) is 43.3. The van der Waals surface area contributed by atoms with Crippen LogP contribution in [0.3, 0.4) is 0 Å². The van der Waals surface area contributed by atoms with Gasteiger partial charge in [0.2, 0.25) is 0 Å². The molecular formula is C108H152O8. The molecule has 8 N–H and O–H groups in total. The van der Waals surface area contributed by atoms with Crippen molar-refractivity contribution in [1.29, 1.82) is 0 Å². The monoisotopic (exact) mass is 1580 g/mol. The lowest BCUT2D eigenvalue weighted by molar-refractivity contribution is 0.140. The molecule has 17 rings (SSSR count). The van der Waals surface area contributed by atoms with Gasteiger partial charge in [-0.1, -0.05) is 227 Å². The molecule has 12 atom stereocenters. The summed E-state index contributed by atoms with van der Waals surface area (Å²) in [6.45, 7) is 34.0. The number of fused-ring (bicyclic) bond motifs is 16. The number of phenolic OH excluding ortho intramolecular Hbond substituents is 4. The molecule has 4 fully saturated rings. The lowest BCUT2D eigenvalue weighted by Crippen LogP contribution is -2.43. The Morgan fingerprint density at radius 3 is 0.922 bits per heavy atom. The van der Waals surface area contributed by atoms with Gasteiger partial charge in [0.15, 0.2) is 0 Å². The second-order valence-corrected chi connectivity index (χ2v) is 42.2. The molecule has 116 heavy (non-hydrogen) atoms. The zero-order valence-corrected chi connectivity index (χ0v) is 74.8. The van der Waals surface area contributed by atoms with Crippen molar-refractivity contribution >= 4 is 0 Å². The van der Waals surface area contributed by atoms with Crippen LogP contribution >= 0.6 is 0 Å². The average Bonchev–Trinajstić information content (AvgIpc) is 1.35. The van der Waals surface area contributed by atoms with Gasteiger partial charge in [-0.2, -0.15) is 0 Å². The van der Waals surface area contributed by atoms with E-state index in [4.69, 9.17) is 0 Å². The molecule has 8 nitrogen and oxygen atoms in total. The third-order valence-electron chi connectivity index (χ3n) is 34.1. The Morgan fingerprint density at radius 2 is 0.595 bits per heavy atom. The van der Waals surface area contributed by atoms with E-state index in [1.165, 1.54) is 172 Å². The Hall–Kier alpha value is -5.90. The van der Waals surface area contributed by atoms with Gasteiger partial charge in [0.25, 0.3) is 0 Å². The fourth-order valence-electron chi connectivity index (χ4n) is 28.0. The lowest BCUT2D eigenvalue weighted by Gasteiger charge is -2.51. The van der Waals surface area contributed by atoms with Crippen molar-refractivity contribution < 1.29 is 40.9 Å². The van der Waals surface area contributed by atoms with E-state index in [0.717, 1.165) is 174 Å². The topological polar surface area (TPSA) is 162 Å². The van der Waals surface area contributed by atoms with Gasteiger partial charge in [-0.05, 0) is 369 Å². The maximum atomic E-state index is 10.9. The zero-order valence-electron chi connectivity index (χ0n) is 74.8. The largest absolute Gasteiger partial charge is 0.508 e. The van der Waals surface area contributed by atoms with E-state index in [2.05, 4.69) is 158 Å². The van der Waals surface area contributed by atoms with Crippen molar-refractivity contribution in [3.05, 3.63) is 196 Å². The molecule has 12 aliphatic rings. The lowest BCUT2D eigenvalue weighted by atomic mass is 9.52. The molecule has 5 aromatic rings. The molecule has 4 saturated carbocycles. The molecule has 12 aliphatic carbocycles. The van der Waals surface area contributed by atoms with Crippen LogP contribution in [0.25, 0.3) is 0 Å². The molecule has 0 amide bonds. The number of hydrogen-bond donors (Lipinski definition) is 8. The number of benzene rings is 5. The second kappa shape index (κ2) is 34.2. The second-order valence-electron chi connectivity index (χ2n) is 42.2. The van der Waals surface area contributed by atoms with Gasteiger partial charge >= 0.3 is 0 Å². The van der Waals surface area contributed by atoms with Crippen molar-refractivity contribution in [1.82, 2.24) is 0 Å². The van der Waals surface area contributed by atoms with Crippen molar-refractivity contribution in [2.45, 2.75) is 400 Å². The molecule has 0 saturated heterocycles. The molecule has 0 aromatic heterocycles. The summed E-state index contributed by atoms with van der Waals surface area (Å²) in [5.74, 6) is 4.76. The smallest absolute Gasteiger partial charge is 0.118 e. The third-order valence-corrected chi connectivity index (χ3v) is 34.1. The van der Waals surface area contributed by atoms with E-state index in [9.17, 15) is 40.9 Å². The summed E-state index contributed by atoms with van der Waals surface area (Å²) < 4.78 is 0. The average molecular weight is 1580 g/mol. The SMILES string of the molecule is CC[C@@]12CC[C@]3(CCCC(C)C)C[C@H](O)CC3=C1CCc1c2ccc(O)c1C.CC[C@]12CC[C@]3(CCCC(C)C)C[C@H](O)CC3=C1CCc1c2ccc(O)c1C.Cc1c(O)ccc2c1CCC1=C3C[C@@H](O)C[C@@]3(CCCC(C)C)CC[C@@]12C.Cc1c(O)ccc2c1CCC1=C3C[C@@H](O)C[C@@]3(CCCC(C)C)CC[C@]12Cc1ccccc1. The van der Waals surface area contributed by atoms with Gasteiger partial charge in [-0.15, -0.1) is 0 Å². The summed E-state index contributed by atoms with van der Waals surface area (Å²) in [5.41, 5.74) is 31.4. The molecule has 632 valence electrons. The van der Waals surface area contributed by atoms with Crippen LogP contribution < -0.4 is 0 Å². The van der Waals surface area contributed by atoms with Gasteiger partial charge in [-0.3, -0.25) is 0 Å². The van der Waals surface area contributed by atoms with Gasteiger partial charge in [0.1, 0.15) is 23.0 Å². The summed E-state index contributed by atoms with van der Waals surface area (Å²) in [6, 6.07) is 27.4. The summed E-state index contributed by atoms with van der Waals surface area (Å²) in [7, 11) is 0. The van der Waals surface area contributed by atoms with E-state index in [-0.39, 0.29) is 67.7 Å². The Morgan fingerprint density at radius 1 is 0.319 bits per heavy atom. The normalized spacial score (nSPS) is 31.0. The molecule has 0 radical (unpaired) electrons. The highest BCUT2D eigenvalue weighted by molar-refractivity contribution is 5.61. The van der Waals surface area contributed by atoms with Crippen LogP contribution in [0.15, 0.2) is 123 Å². The van der Waals surface area contributed by atoms with Gasteiger partial charge in [0.05, 0.1) is 24.4 Å². The summed E-state index contributed by atoms with van der Waals surface area (Å²) >= 11 is 0. The Balaban J connectivity index is 0.000000128. The molecule has 5 aromatic carbocycles. The number of aromatic hydroxyl groups is 4. The van der Waals surface area contributed by atoms with Crippen molar-refractivity contribution in [2.75, 3.05) is 0 Å². The minimum absolute atomic E-state index is 0.00562. The number of hydrogen-bond acceptors (Lipinski definition) is 8. The number of rotatable bonds is 20. The molecule has 8 heteroatoms. The Bertz CT molecular complexity index is 4400. The Kier molecular flexibility index (Phi) is 25.5. The molecular weight excluding hydrogens is 1430 g/mol. The van der Waals surface area contributed by atoms with Gasteiger partial charge < -0.3 is 40.9 Å². The first-order valence-corrected chi connectivity index (χ1v) is 47.2. The standard InChI is InChI=1S/C31H40O2.2C26H38O2.C25H36O2/c1-21(2)8-7-15-30-16-17-31(19-23-9-5-4-6-10-23)26-13-14-29(33)22(3)25(26)11-12-27(31)28(30)18-24(32)20-30;2*1-5-26-14-13-25(12-6-7-17(2)3)16-19(27)15-23(25)22(26)9-8-20-18(4)24(28)11-10-21(20)26;1-16(2)6-5-11-25-13-12-24(4)20-9-10-23(27)17(3)19(20)7-8-21(24)22(25)14-18(26)15-25/h4-6,9-10,13-14,21,24,32-33H,7-8,11-12,15-20H2,1-3H3;2*10-11,17,19,27-28H,5-9,12-16H2,1-4H3;9-10,16,18,26-27H,5-8,11-15H2,1-4H3/t24-,30-,31-;19-,25-,26+;19-,25-,26-;18-,24-,25-/m1111/s1. The fourth-order valence-corrected chi connectivity index (χ4v) is 28.0. The summed E-state index contributed by atoms with van der Waals surface area (Å²) in [4.78, 5) is 0. The first kappa shape index (κ1) is 86.5. The van der Waals surface area contributed by atoms with Crippen LogP contribution in [0.5, 0.6) is 23.0 Å². The Labute approximate surface area is 701 Å². The first-order valence-electron chi connectivity index (χ1n) is 47.2. The van der Waals surface area contributed by atoms with Crippen molar-refractivity contribution in [3.63, 3.8) is 0 Å². The number of aliphatic hydroxyl groups is 4. The van der Waals surface area contributed by atoms with Crippen LogP contribution in [0.4, 0.5) is 0 Å². The van der Waals surface area contributed by atoms with Crippen LogP contribution in [0.1, 0.15) is 367 Å². The highest BCUT2D eigenvalue weighted by Gasteiger charge is 2.58. The van der Waals surface area contributed by atoms with E-state index in [1.54, 1.807) is 44.6 Å². The summed E-state index contributed by atoms with van der Waals surface area (Å²) in [5, 5.41) is 84.0. The predicted octanol–water partition coefficient (Wildman–Crippen LogP) is 25.9. The van der Waals surface area contributed by atoms with E-state index in [1.807, 2.05) is 24.3 Å². The van der Waals surface area contributed by atoms with Crippen LogP contribution in [-0.4, -0.2) is 65.3 Å². The third kappa shape index (κ3) is 15.7. The molecule has 0 spiro atoms. The van der Waals surface area contributed by atoms with Crippen LogP contribution in [0, 0.1) is 73.0 Å². The molecule has 0 bridgehead atoms. The minimum Gasteiger partial charge on any atom is -0.508 e. The number of aliphatic hydroxyl groups excluding tert-OH is 4. The fraction of sp³-hybridized carbons (Fsp3) is 0.648. The highest BCUT2D eigenvalue weighted by Crippen LogP contribution is 2.68. The minimum atomic E-state index is -0.193. The van der Waals surface area contributed by atoms with E-state index in [0.29, 0.717) is 23.0 Å². The predicted molar refractivity (Wildman–Crippen MR) is 478 cm³/mol. The number of phenols is 4. The van der Waals surface area contributed by atoms with Crippen molar-refractivity contribution in [2.24, 2.45) is 45.3 Å². The quantitative estimate of drug-likeness (QED) is 0.0357. The molecule has 0 heterocycles. The van der Waals surface area contributed by atoms with Crippen molar-refractivity contribution in [3.8, 4) is 23.0 Å². The highest BCUT2D eigenvalue weighted by atomic mass is 16.3. The van der Waals surface area contributed by atoms with Crippen LogP contribution in [-0.2, 0) is 53.8 Å². The maximum Gasteiger partial charge on any atom is 0.118 e. The van der Waals surface area contributed by atoms with E-state index < -0.39 is 0 Å². The van der Waals surface area contributed by atoms with Gasteiger partial charge in [-0.25, -0.2) is 0 Å². The van der Waals surface area contributed by atoms with Gasteiger partial charge in [0, 0.05) is 21.7 Å². The molecule has 0 aliphatic heterocycles. The number of allylic oxidation sites excluding steroid dienone is 4. The maximum absolute atomic E-state index is 10.9. The van der Waals surface area contributed by atoms with E-state index >= 15 is 0 Å². The zero-order chi connectivity index (χ0) is 82.8. The first-order chi connectivity index (χ1) is 55.3. The molecule has 0 unspecified atom stereocenters.